The summed E-state index contributed by atoms with van der Waals surface area (Å²) in [6.45, 7) is 4.19. The van der Waals surface area contributed by atoms with Crippen molar-refractivity contribution in [3.63, 3.8) is 0 Å². The first-order valence-electron chi connectivity index (χ1n) is 5.80. The third kappa shape index (κ3) is 3.60. The van der Waals surface area contributed by atoms with E-state index in [1.165, 1.54) is 6.08 Å². The van der Waals surface area contributed by atoms with Gasteiger partial charge in [0.15, 0.2) is 0 Å². The third-order valence-corrected chi connectivity index (χ3v) is 2.73. The molecule has 0 saturated heterocycles. The number of carboxylic acid groups (broad SMARTS) is 1. The molecule has 98 valence electrons. The van der Waals surface area contributed by atoms with E-state index in [9.17, 15) is 4.79 Å². The van der Waals surface area contributed by atoms with E-state index >= 15 is 0 Å². The number of ether oxygens (including phenoxy) is 1. The van der Waals surface area contributed by atoms with Crippen LogP contribution in [0.5, 0.6) is 5.75 Å². The van der Waals surface area contributed by atoms with Crippen molar-refractivity contribution in [3.8, 4) is 5.75 Å². The number of benzene rings is 1. The number of methoxy groups -OCH3 is 1. The van der Waals surface area contributed by atoms with Crippen LogP contribution in [0, 0.1) is 0 Å². The fourth-order valence-corrected chi connectivity index (χ4v) is 1.65. The SMILES string of the molecule is COc1cc(C(C)C)ccc1C(N)/C=C/C(=O)O. The maximum absolute atomic E-state index is 10.5. The summed E-state index contributed by atoms with van der Waals surface area (Å²) >= 11 is 0. The standard InChI is InChI=1S/C14H19NO3/c1-9(2)10-4-5-11(13(8-10)18-3)12(15)6-7-14(16)17/h4-9,12H,15H2,1-3H3,(H,16,17)/b7-6+. The number of rotatable bonds is 5. The van der Waals surface area contributed by atoms with Crippen LogP contribution < -0.4 is 10.5 Å². The molecule has 4 heteroatoms. The van der Waals surface area contributed by atoms with Gasteiger partial charge in [0.1, 0.15) is 5.75 Å². The van der Waals surface area contributed by atoms with Crippen LogP contribution in [0.25, 0.3) is 0 Å². The number of aliphatic carboxylic acids is 1. The van der Waals surface area contributed by atoms with Crippen LogP contribution in [-0.2, 0) is 4.79 Å². The Morgan fingerprint density at radius 3 is 2.61 bits per heavy atom. The van der Waals surface area contributed by atoms with Gasteiger partial charge >= 0.3 is 5.97 Å². The van der Waals surface area contributed by atoms with E-state index in [4.69, 9.17) is 15.6 Å². The Labute approximate surface area is 107 Å². The van der Waals surface area contributed by atoms with Gasteiger partial charge in [-0.2, -0.15) is 0 Å². The highest BCUT2D eigenvalue weighted by atomic mass is 16.5. The molecular formula is C14H19NO3. The summed E-state index contributed by atoms with van der Waals surface area (Å²) in [5.74, 6) is 0.0747. The van der Waals surface area contributed by atoms with Crippen molar-refractivity contribution in [2.45, 2.75) is 25.8 Å². The highest BCUT2D eigenvalue weighted by molar-refractivity contribution is 5.79. The monoisotopic (exact) mass is 249 g/mol. The second-order valence-electron chi connectivity index (χ2n) is 4.38. The molecular weight excluding hydrogens is 230 g/mol. The number of carbonyl (C=O) groups is 1. The Kier molecular flexibility index (Phi) is 4.92. The molecule has 0 heterocycles. The molecule has 0 aromatic heterocycles. The summed E-state index contributed by atoms with van der Waals surface area (Å²) in [5.41, 5.74) is 7.85. The van der Waals surface area contributed by atoms with Crippen LogP contribution in [-0.4, -0.2) is 18.2 Å². The second kappa shape index (κ2) is 6.21. The van der Waals surface area contributed by atoms with Gasteiger partial charge in [-0.25, -0.2) is 4.79 Å². The molecule has 1 aromatic rings. The van der Waals surface area contributed by atoms with Crippen molar-refractivity contribution in [2.24, 2.45) is 5.73 Å². The fraction of sp³-hybridized carbons (Fsp3) is 0.357. The lowest BCUT2D eigenvalue weighted by molar-refractivity contribution is -0.131. The van der Waals surface area contributed by atoms with Gasteiger partial charge in [-0.05, 0) is 17.5 Å². The average Bonchev–Trinajstić information content (AvgIpc) is 2.34. The van der Waals surface area contributed by atoms with E-state index in [-0.39, 0.29) is 0 Å². The summed E-state index contributed by atoms with van der Waals surface area (Å²) in [4.78, 5) is 10.5. The molecule has 0 radical (unpaired) electrons. The van der Waals surface area contributed by atoms with Crippen LogP contribution in [0.4, 0.5) is 0 Å². The van der Waals surface area contributed by atoms with Crippen molar-refractivity contribution in [1.82, 2.24) is 0 Å². The molecule has 0 fully saturated rings. The molecule has 4 nitrogen and oxygen atoms in total. The van der Waals surface area contributed by atoms with Crippen molar-refractivity contribution < 1.29 is 14.6 Å². The second-order valence-corrected chi connectivity index (χ2v) is 4.38. The van der Waals surface area contributed by atoms with E-state index in [0.29, 0.717) is 11.7 Å². The van der Waals surface area contributed by atoms with Gasteiger partial charge < -0.3 is 15.6 Å². The number of carboxylic acids is 1. The summed E-state index contributed by atoms with van der Waals surface area (Å²) in [6, 6.07) is 5.31. The topological polar surface area (TPSA) is 72.5 Å². The van der Waals surface area contributed by atoms with Gasteiger partial charge in [0, 0.05) is 11.6 Å². The molecule has 0 amide bonds. The smallest absolute Gasteiger partial charge is 0.328 e. The molecule has 1 rings (SSSR count). The maximum Gasteiger partial charge on any atom is 0.328 e. The predicted octanol–water partition coefficient (Wildman–Crippen LogP) is 2.46. The average molecular weight is 249 g/mol. The van der Waals surface area contributed by atoms with Gasteiger partial charge in [0.05, 0.1) is 13.2 Å². The van der Waals surface area contributed by atoms with Gasteiger partial charge in [-0.1, -0.05) is 32.1 Å². The summed E-state index contributed by atoms with van der Waals surface area (Å²) in [6.07, 6.45) is 2.48. The van der Waals surface area contributed by atoms with Gasteiger partial charge in [-0.3, -0.25) is 0 Å². The molecule has 3 N–H and O–H groups in total. The van der Waals surface area contributed by atoms with Gasteiger partial charge in [0.2, 0.25) is 0 Å². The minimum Gasteiger partial charge on any atom is -0.496 e. The van der Waals surface area contributed by atoms with Crippen LogP contribution in [0.1, 0.15) is 36.9 Å². The lowest BCUT2D eigenvalue weighted by atomic mass is 9.98. The molecule has 0 saturated carbocycles. The summed E-state index contributed by atoms with van der Waals surface area (Å²) in [7, 11) is 1.58. The minimum atomic E-state index is -1.01. The molecule has 1 aromatic carbocycles. The van der Waals surface area contributed by atoms with E-state index < -0.39 is 12.0 Å². The van der Waals surface area contributed by atoms with Crippen LogP contribution in [0.2, 0.25) is 0 Å². The van der Waals surface area contributed by atoms with Crippen molar-refractivity contribution in [1.29, 1.82) is 0 Å². The number of nitrogens with two attached hydrogens (primary N) is 1. The number of hydrogen-bond donors (Lipinski definition) is 2. The van der Waals surface area contributed by atoms with Crippen molar-refractivity contribution in [3.05, 3.63) is 41.5 Å². The van der Waals surface area contributed by atoms with E-state index in [1.54, 1.807) is 7.11 Å². The minimum absolute atomic E-state index is 0.402. The normalized spacial score (nSPS) is 12.9. The molecule has 1 atom stereocenters. The zero-order chi connectivity index (χ0) is 13.7. The quantitative estimate of drug-likeness (QED) is 0.786. The Morgan fingerprint density at radius 1 is 1.44 bits per heavy atom. The summed E-state index contributed by atoms with van der Waals surface area (Å²) < 4.78 is 5.30. The zero-order valence-electron chi connectivity index (χ0n) is 10.9. The first-order chi connectivity index (χ1) is 8.45. The van der Waals surface area contributed by atoms with E-state index in [1.807, 2.05) is 18.2 Å². The largest absolute Gasteiger partial charge is 0.496 e. The van der Waals surface area contributed by atoms with Gasteiger partial charge in [-0.15, -0.1) is 0 Å². The highest BCUT2D eigenvalue weighted by Crippen LogP contribution is 2.28. The van der Waals surface area contributed by atoms with Crippen molar-refractivity contribution >= 4 is 5.97 Å². The molecule has 0 spiro atoms. The molecule has 0 aliphatic heterocycles. The Morgan fingerprint density at radius 2 is 2.11 bits per heavy atom. The lowest BCUT2D eigenvalue weighted by Gasteiger charge is -2.15. The van der Waals surface area contributed by atoms with Crippen molar-refractivity contribution in [2.75, 3.05) is 7.11 Å². The van der Waals surface area contributed by atoms with Gasteiger partial charge in [0.25, 0.3) is 0 Å². The lowest BCUT2D eigenvalue weighted by Crippen LogP contribution is -2.10. The number of hydrogen-bond acceptors (Lipinski definition) is 3. The molecule has 0 bridgehead atoms. The molecule has 0 aliphatic rings. The zero-order valence-corrected chi connectivity index (χ0v) is 10.9. The molecule has 18 heavy (non-hydrogen) atoms. The fourth-order valence-electron chi connectivity index (χ4n) is 1.65. The predicted molar refractivity (Wildman–Crippen MR) is 70.8 cm³/mol. The van der Waals surface area contributed by atoms with Crippen LogP contribution in [0.15, 0.2) is 30.4 Å². The summed E-state index contributed by atoms with van der Waals surface area (Å²) in [5, 5.41) is 8.58. The van der Waals surface area contributed by atoms with E-state index in [2.05, 4.69) is 13.8 Å². The van der Waals surface area contributed by atoms with E-state index in [0.717, 1.165) is 17.2 Å². The molecule has 1 unspecified atom stereocenters. The Bertz CT molecular complexity index is 452. The third-order valence-electron chi connectivity index (χ3n) is 2.73. The van der Waals surface area contributed by atoms with Crippen LogP contribution >= 0.6 is 0 Å². The van der Waals surface area contributed by atoms with Crippen LogP contribution in [0.3, 0.4) is 0 Å². The maximum atomic E-state index is 10.5. The first kappa shape index (κ1) is 14.3. The Hall–Kier alpha value is -1.81. The highest BCUT2D eigenvalue weighted by Gasteiger charge is 2.11. The first-order valence-corrected chi connectivity index (χ1v) is 5.80. The Balaban J connectivity index is 3.05. The molecule has 0 aliphatic carbocycles.